The van der Waals surface area contributed by atoms with Crippen molar-refractivity contribution in [3.63, 3.8) is 0 Å². The Morgan fingerprint density at radius 2 is 2.31 bits per heavy atom. The molecule has 1 atom stereocenters. The molecule has 0 spiro atoms. The van der Waals surface area contributed by atoms with E-state index in [-0.39, 0.29) is 6.54 Å². The predicted octanol–water partition coefficient (Wildman–Crippen LogP) is -0.728. The van der Waals surface area contributed by atoms with Gasteiger partial charge in [0.25, 0.3) is 5.91 Å². The third-order valence-electron chi connectivity index (χ3n) is 1.91. The van der Waals surface area contributed by atoms with E-state index >= 15 is 0 Å². The van der Waals surface area contributed by atoms with Crippen molar-refractivity contribution in [1.82, 2.24) is 9.78 Å². The zero-order chi connectivity index (χ0) is 12.1. The summed E-state index contributed by atoms with van der Waals surface area (Å²) in [6.45, 7) is 1.61. The molecule has 16 heavy (non-hydrogen) atoms. The molecule has 0 fully saturated rings. The van der Waals surface area contributed by atoms with Gasteiger partial charge in [0.2, 0.25) is 0 Å². The van der Waals surface area contributed by atoms with Crippen LogP contribution in [-0.4, -0.2) is 27.8 Å². The van der Waals surface area contributed by atoms with E-state index in [2.05, 4.69) is 5.10 Å². The fourth-order valence-corrected chi connectivity index (χ4v) is 1.14. The van der Waals surface area contributed by atoms with Crippen LogP contribution in [0.2, 0.25) is 0 Å². The van der Waals surface area contributed by atoms with Crippen LogP contribution in [0, 0.1) is 0 Å². The molecule has 88 valence electrons. The number of esters is 1. The van der Waals surface area contributed by atoms with Gasteiger partial charge in [0.1, 0.15) is 12.4 Å². The average molecular weight is 226 g/mol. The molecule has 4 N–H and O–H groups in total. The normalized spacial score (nSPS) is 12.1. The summed E-state index contributed by atoms with van der Waals surface area (Å²) in [7, 11) is 0. The molecule has 1 amide bonds. The molecular formula is C9H14N4O3. The topological polar surface area (TPSA) is 113 Å². The molecule has 1 rings (SSSR count). The number of aromatic nitrogens is 2. The Balaban J connectivity index is 2.50. The zero-order valence-electron chi connectivity index (χ0n) is 8.92. The number of hydrogen-bond donors (Lipinski definition) is 2. The SMILES string of the molecule is CCC(OC(=O)Cn1ccc(N)n1)C(N)=O. The van der Waals surface area contributed by atoms with Gasteiger partial charge < -0.3 is 16.2 Å². The molecule has 7 nitrogen and oxygen atoms in total. The Morgan fingerprint density at radius 3 is 2.75 bits per heavy atom. The highest BCUT2D eigenvalue weighted by Gasteiger charge is 2.18. The van der Waals surface area contributed by atoms with Crippen molar-refractivity contribution >= 4 is 17.7 Å². The lowest BCUT2D eigenvalue weighted by atomic mass is 10.3. The van der Waals surface area contributed by atoms with Crippen LogP contribution in [0.25, 0.3) is 0 Å². The van der Waals surface area contributed by atoms with Gasteiger partial charge in [-0.05, 0) is 12.5 Å². The summed E-state index contributed by atoms with van der Waals surface area (Å²) >= 11 is 0. The van der Waals surface area contributed by atoms with Gasteiger partial charge in [0.05, 0.1) is 0 Å². The number of anilines is 1. The molecule has 1 aromatic heterocycles. The van der Waals surface area contributed by atoms with E-state index in [1.54, 1.807) is 19.2 Å². The fraction of sp³-hybridized carbons (Fsp3) is 0.444. The van der Waals surface area contributed by atoms with Crippen LogP contribution in [0.15, 0.2) is 12.3 Å². The molecule has 0 bridgehead atoms. The van der Waals surface area contributed by atoms with Crippen LogP contribution in [0.4, 0.5) is 5.82 Å². The summed E-state index contributed by atoms with van der Waals surface area (Å²) in [6, 6.07) is 1.55. The molecule has 0 radical (unpaired) electrons. The van der Waals surface area contributed by atoms with Crippen molar-refractivity contribution in [2.75, 3.05) is 5.73 Å². The molecule has 0 aromatic carbocycles. The number of rotatable bonds is 5. The second-order valence-electron chi connectivity index (χ2n) is 3.23. The number of nitrogens with two attached hydrogens (primary N) is 2. The lowest BCUT2D eigenvalue weighted by molar-refractivity contribution is -0.155. The molecule has 0 saturated carbocycles. The molecule has 0 aliphatic heterocycles. The average Bonchev–Trinajstić information content (AvgIpc) is 2.60. The fourth-order valence-electron chi connectivity index (χ4n) is 1.14. The maximum Gasteiger partial charge on any atom is 0.328 e. The van der Waals surface area contributed by atoms with Gasteiger partial charge in [0.15, 0.2) is 6.10 Å². The zero-order valence-corrected chi connectivity index (χ0v) is 8.92. The number of carbonyl (C=O) groups excluding carboxylic acids is 2. The number of nitrogen functional groups attached to an aromatic ring is 1. The molecule has 0 saturated heterocycles. The van der Waals surface area contributed by atoms with Crippen molar-refractivity contribution < 1.29 is 14.3 Å². The van der Waals surface area contributed by atoms with E-state index in [0.717, 1.165) is 0 Å². The summed E-state index contributed by atoms with van der Waals surface area (Å²) in [5, 5.41) is 3.81. The van der Waals surface area contributed by atoms with Crippen molar-refractivity contribution in [2.24, 2.45) is 5.73 Å². The first-order chi connectivity index (χ1) is 7.52. The van der Waals surface area contributed by atoms with Crippen LogP contribution in [0.5, 0.6) is 0 Å². The molecule has 0 aliphatic rings. The summed E-state index contributed by atoms with van der Waals surface area (Å²) in [6.07, 6.45) is 1.00. The maximum atomic E-state index is 11.4. The summed E-state index contributed by atoms with van der Waals surface area (Å²) in [5.74, 6) is -0.917. The highest BCUT2D eigenvalue weighted by atomic mass is 16.5. The van der Waals surface area contributed by atoms with Crippen molar-refractivity contribution in [2.45, 2.75) is 26.0 Å². The van der Waals surface area contributed by atoms with Gasteiger partial charge in [0, 0.05) is 6.20 Å². The van der Waals surface area contributed by atoms with Crippen LogP contribution < -0.4 is 11.5 Å². The first kappa shape index (κ1) is 12.0. The van der Waals surface area contributed by atoms with Gasteiger partial charge in [-0.2, -0.15) is 5.10 Å². The number of primary amides is 1. The molecule has 1 unspecified atom stereocenters. The second kappa shape index (κ2) is 5.15. The lowest BCUT2D eigenvalue weighted by Crippen LogP contribution is -2.33. The quantitative estimate of drug-likeness (QED) is 0.643. The van der Waals surface area contributed by atoms with E-state index in [1.165, 1.54) is 4.68 Å². The molecule has 0 aliphatic carbocycles. The molecule has 7 heteroatoms. The van der Waals surface area contributed by atoms with Crippen LogP contribution in [0.1, 0.15) is 13.3 Å². The van der Waals surface area contributed by atoms with Crippen molar-refractivity contribution in [3.8, 4) is 0 Å². The van der Waals surface area contributed by atoms with E-state index in [1.807, 2.05) is 0 Å². The largest absolute Gasteiger partial charge is 0.451 e. The Morgan fingerprint density at radius 1 is 1.62 bits per heavy atom. The van der Waals surface area contributed by atoms with Crippen LogP contribution in [0.3, 0.4) is 0 Å². The van der Waals surface area contributed by atoms with Crippen LogP contribution in [-0.2, 0) is 20.9 Å². The van der Waals surface area contributed by atoms with Gasteiger partial charge in [-0.25, -0.2) is 0 Å². The molecule has 1 aromatic rings. The second-order valence-corrected chi connectivity index (χ2v) is 3.23. The Labute approximate surface area is 92.3 Å². The first-order valence-corrected chi connectivity index (χ1v) is 4.80. The van der Waals surface area contributed by atoms with Gasteiger partial charge in [-0.3, -0.25) is 14.3 Å². The Kier molecular flexibility index (Phi) is 3.87. The van der Waals surface area contributed by atoms with Crippen molar-refractivity contribution in [3.05, 3.63) is 12.3 Å². The molecular weight excluding hydrogens is 212 g/mol. The number of hydrogen-bond acceptors (Lipinski definition) is 5. The van der Waals surface area contributed by atoms with E-state index in [9.17, 15) is 9.59 Å². The summed E-state index contributed by atoms with van der Waals surface area (Å²) in [5.41, 5.74) is 10.4. The highest BCUT2D eigenvalue weighted by molar-refractivity contribution is 5.82. The third kappa shape index (κ3) is 3.26. The van der Waals surface area contributed by atoms with Crippen molar-refractivity contribution in [1.29, 1.82) is 0 Å². The Bertz CT molecular complexity index is 388. The number of ether oxygens (including phenoxy) is 1. The number of carbonyl (C=O) groups is 2. The van der Waals surface area contributed by atoms with Gasteiger partial charge >= 0.3 is 5.97 Å². The predicted molar refractivity (Wildman–Crippen MR) is 56.0 cm³/mol. The van der Waals surface area contributed by atoms with E-state index < -0.39 is 18.0 Å². The number of nitrogens with zero attached hydrogens (tertiary/aromatic N) is 2. The molecule has 1 heterocycles. The highest BCUT2D eigenvalue weighted by Crippen LogP contribution is 2.00. The minimum atomic E-state index is -0.889. The standard InChI is InChI=1S/C9H14N4O3/c1-2-6(9(11)15)16-8(14)5-13-4-3-7(10)12-13/h3-4,6H,2,5H2,1H3,(H2,10,12)(H2,11,15). The summed E-state index contributed by atoms with van der Waals surface area (Å²) < 4.78 is 6.18. The first-order valence-electron chi connectivity index (χ1n) is 4.80. The minimum absolute atomic E-state index is 0.0963. The Hall–Kier alpha value is -2.05. The monoisotopic (exact) mass is 226 g/mol. The maximum absolute atomic E-state index is 11.4. The van der Waals surface area contributed by atoms with Gasteiger partial charge in [-0.1, -0.05) is 6.92 Å². The van der Waals surface area contributed by atoms with Crippen LogP contribution >= 0.6 is 0 Å². The smallest absolute Gasteiger partial charge is 0.328 e. The van der Waals surface area contributed by atoms with Gasteiger partial charge in [-0.15, -0.1) is 0 Å². The summed E-state index contributed by atoms with van der Waals surface area (Å²) in [4.78, 5) is 22.2. The minimum Gasteiger partial charge on any atom is -0.451 e. The number of amides is 1. The van der Waals surface area contributed by atoms with E-state index in [0.29, 0.717) is 12.2 Å². The third-order valence-corrected chi connectivity index (χ3v) is 1.91. The van der Waals surface area contributed by atoms with E-state index in [4.69, 9.17) is 16.2 Å². The lowest BCUT2D eigenvalue weighted by Gasteiger charge is -2.12.